The van der Waals surface area contributed by atoms with Crippen LogP contribution in [0.3, 0.4) is 0 Å². The highest BCUT2D eigenvalue weighted by Crippen LogP contribution is 2.27. The van der Waals surface area contributed by atoms with E-state index in [-0.39, 0.29) is 0 Å². The Morgan fingerprint density at radius 1 is 1.38 bits per heavy atom. The van der Waals surface area contributed by atoms with Crippen LogP contribution in [0, 0.1) is 5.92 Å². The summed E-state index contributed by atoms with van der Waals surface area (Å²) in [6.07, 6.45) is 3.28. The average molecular weight is 241 g/mol. The predicted octanol–water partition coefficient (Wildman–Crippen LogP) is 2.55. The zero-order valence-electron chi connectivity index (χ0n) is 7.46. The Kier molecular flexibility index (Phi) is 2.70. The van der Waals surface area contributed by atoms with Crippen LogP contribution in [-0.2, 0) is 12.8 Å². The van der Waals surface area contributed by atoms with E-state index >= 15 is 0 Å². The van der Waals surface area contributed by atoms with Crippen LogP contribution < -0.4 is 0 Å². The smallest absolute Gasteiger partial charge is 0.0462 e. The molecule has 1 nitrogen and oxygen atoms in total. The van der Waals surface area contributed by atoms with Gasteiger partial charge in [0.25, 0.3) is 0 Å². The van der Waals surface area contributed by atoms with Gasteiger partial charge in [-0.3, -0.25) is 0 Å². The quantitative estimate of drug-likeness (QED) is 0.801. The number of rotatable bonds is 1. The first-order chi connectivity index (χ1) is 6.29. The summed E-state index contributed by atoms with van der Waals surface area (Å²) in [7, 11) is 0. The number of aryl methyl sites for hydroxylation is 1. The van der Waals surface area contributed by atoms with Gasteiger partial charge in [-0.05, 0) is 48.4 Å². The van der Waals surface area contributed by atoms with Gasteiger partial charge in [-0.25, -0.2) is 0 Å². The van der Waals surface area contributed by atoms with Gasteiger partial charge >= 0.3 is 0 Å². The average Bonchev–Trinajstić information content (AvgIpc) is 2.16. The number of hydrogen-bond donors (Lipinski definition) is 1. The van der Waals surface area contributed by atoms with E-state index in [1.807, 2.05) is 0 Å². The fourth-order valence-electron chi connectivity index (χ4n) is 1.96. The molecule has 1 aliphatic rings. The molecule has 0 spiro atoms. The molecule has 0 amide bonds. The van der Waals surface area contributed by atoms with Gasteiger partial charge in [-0.15, -0.1) is 0 Å². The first-order valence-electron chi connectivity index (χ1n) is 4.68. The minimum absolute atomic E-state index is 0.325. The molecule has 1 aromatic carbocycles. The Bertz CT molecular complexity index is 309. The van der Waals surface area contributed by atoms with Crippen molar-refractivity contribution in [1.29, 1.82) is 0 Å². The molecule has 13 heavy (non-hydrogen) atoms. The number of benzene rings is 1. The van der Waals surface area contributed by atoms with E-state index in [1.54, 1.807) is 0 Å². The first-order valence-corrected chi connectivity index (χ1v) is 5.47. The van der Waals surface area contributed by atoms with Crippen molar-refractivity contribution in [2.45, 2.75) is 19.3 Å². The molecular weight excluding hydrogens is 228 g/mol. The third-order valence-electron chi connectivity index (χ3n) is 2.76. The number of fused-ring (bicyclic) bond motifs is 1. The molecule has 2 heteroatoms. The SMILES string of the molecule is OCC1CCc2ccc(Br)cc2C1. The van der Waals surface area contributed by atoms with Crippen LogP contribution in [0.2, 0.25) is 0 Å². The number of aliphatic hydroxyl groups excluding tert-OH is 1. The van der Waals surface area contributed by atoms with Crippen molar-refractivity contribution in [1.82, 2.24) is 0 Å². The normalized spacial score (nSPS) is 21.2. The van der Waals surface area contributed by atoms with Crippen LogP contribution in [0.4, 0.5) is 0 Å². The van der Waals surface area contributed by atoms with Crippen LogP contribution in [0.1, 0.15) is 17.5 Å². The van der Waals surface area contributed by atoms with Crippen molar-refractivity contribution in [3.8, 4) is 0 Å². The summed E-state index contributed by atoms with van der Waals surface area (Å²) in [6.45, 7) is 0.325. The molecule has 0 heterocycles. The molecule has 0 aliphatic heterocycles. The first kappa shape index (κ1) is 9.22. The van der Waals surface area contributed by atoms with E-state index in [1.165, 1.54) is 11.1 Å². The molecule has 1 aliphatic carbocycles. The van der Waals surface area contributed by atoms with Gasteiger partial charge < -0.3 is 5.11 Å². The molecule has 1 unspecified atom stereocenters. The summed E-state index contributed by atoms with van der Waals surface area (Å²) in [6, 6.07) is 6.46. The van der Waals surface area contributed by atoms with Gasteiger partial charge in [-0.2, -0.15) is 0 Å². The van der Waals surface area contributed by atoms with Gasteiger partial charge in [-0.1, -0.05) is 22.0 Å². The lowest BCUT2D eigenvalue weighted by Crippen LogP contribution is -2.17. The van der Waals surface area contributed by atoms with Crippen molar-refractivity contribution in [2.24, 2.45) is 5.92 Å². The summed E-state index contributed by atoms with van der Waals surface area (Å²) >= 11 is 3.47. The van der Waals surface area contributed by atoms with Crippen molar-refractivity contribution in [3.05, 3.63) is 33.8 Å². The van der Waals surface area contributed by atoms with Crippen molar-refractivity contribution >= 4 is 15.9 Å². The number of hydrogen-bond acceptors (Lipinski definition) is 1. The van der Waals surface area contributed by atoms with E-state index in [0.29, 0.717) is 12.5 Å². The lowest BCUT2D eigenvalue weighted by Gasteiger charge is -2.22. The molecule has 2 rings (SSSR count). The molecular formula is C11H13BrO. The minimum atomic E-state index is 0.325. The van der Waals surface area contributed by atoms with E-state index < -0.39 is 0 Å². The van der Waals surface area contributed by atoms with Crippen molar-refractivity contribution in [3.63, 3.8) is 0 Å². The maximum Gasteiger partial charge on any atom is 0.0462 e. The third kappa shape index (κ3) is 1.94. The summed E-state index contributed by atoms with van der Waals surface area (Å²) in [5, 5.41) is 9.07. The molecule has 1 aromatic rings. The zero-order valence-corrected chi connectivity index (χ0v) is 9.05. The molecule has 0 radical (unpaired) electrons. The maximum atomic E-state index is 9.07. The predicted molar refractivity (Wildman–Crippen MR) is 56.7 cm³/mol. The highest BCUT2D eigenvalue weighted by Gasteiger charge is 2.17. The fourth-order valence-corrected chi connectivity index (χ4v) is 2.37. The third-order valence-corrected chi connectivity index (χ3v) is 3.25. The summed E-state index contributed by atoms with van der Waals surface area (Å²) in [4.78, 5) is 0. The van der Waals surface area contributed by atoms with Gasteiger partial charge in [0.05, 0.1) is 0 Å². The highest BCUT2D eigenvalue weighted by atomic mass is 79.9. The van der Waals surface area contributed by atoms with Gasteiger partial charge in [0.15, 0.2) is 0 Å². The second-order valence-corrected chi connectivity index (χ2v) is 4.62. The molecule has 0 aromatic heterocycles. The molecule has 0 bridgehead atoms. The molecule has 1 atom stereocenters. The van der Waals surface area contributed by atoms with E-state index in [4.69, 9.17) is 5.11 Å². The van der Waals surface area contributed by atoms with E-state index in [9.17, 15) is 0 Å². The maximum absolute atomic E-state index is 9.07. The number of halogens is 1. The topological polar surface area (TPSA) is 20.2 Å². The van der Waals surface area contributed by atoms with Crippen LogP contribution in [0.25, 0.3) is 0 Å². The fraction of sp³-hybridized carbons (Fsp3) is 0.455. The van der Waals surface area contributed by atoms with Gasteiger partial charge in [0, 0.05) is 11.1 Å². The van der Waals surface area contributed by atoms with Gasteiger partial charge in [0.2, 0.25) is 0 Å². The monoisotopic (exact) mass is 240 g/mol. The van der Waals surface area contributed by atoms with Crippen LogP contribution in [0.5, 0.6) is 0 Å². The summed E-state index contributed by atoms with van der Waals surface area (Å²) in [5.74, 6) is 0.474. The summed E-state index contributed by atoms with van der Waals surface area (Å²) < 4.78 is 1.14. The molecule has 1 N–H and O–H groups in total. The molecule has 0 saturated carbocycles. The lowest BCUT2D eigenvalue weighted by atomic mass is 9.84. The Balaban J connectivity index is 2.27. The Morgan fingerprint density at radius 2 is 2.23 bits per heavy atom. The second kappa shape index (κ2) is 3.81. The molecule has 70 valence electrons. The lowest BCUT2D eigenvalue weighted by molar-refractivity contribution is 0.213. The Labute approximate surface area is 86.9 Å². The Hall–Kier alpha value is -0.340. The Morgan fingerprint density at radius 3 is 3.00 bits per heavy atom. The van der Waals surface area contributed by atoms with Crippen molar-refractivity contribution in [2.75, 3.05) is 6.61 Å². The van der Waals surface area contributed by atoms with Gasteiger partial charge in [0.1, 0.15) is 0 Å². The second-order valence-electron chi connectivity index (χ2n) is 3.70. The molecule has 0 fully saturated rings. The van der Waals surface area contributed by atoms with Crippen molar-refractivity contribution < 1.29 is 5.11 Å². The van der Waals surface area contributed by atoms with Crippen LogP contribution in [0.15, 0.2) is 22.7 Å². The largest absolute Gasteiger partial charge is 0.396 e. The van der Waals surface area contributed by atoms with E-state index in [2.05, 4.69) is 34.1 Å². The highest BCUT2D eigenvalue weighted by molar-refractivity contribution is 9.10. The standard InChI is InChI=1S/C11H13BrO/c12-11-4-3-9-2-1-8(7-13)5-10(9)6-11/h3-4,6,8,13H,1-2,5,7H2. The minimum Gasteiger partial charge on any atom is -0.396 e. The van der Waals surface area contributed by atoms with Crippen LogP contribution >= 0.6 is 15.9 Å². The molecule has 0 saturated heterocycles. The van der Waals surface area contributed by atoms with E-state index in [0.717, 1.165) is 23.7 Å². The summed E-state index contributed by atoms with van der Waals surface area (Å²) in [5.41, 5.74) is 2.85. The zero-order chi connectivity index (χ0) is 9.26. The number of aliphatic hydroxyl groups is 1. The van der Waals surface area contributed by atoms with Crippen LogP contribution in [-0.4, -0.2) is 11.7 Å².